The predicted molar refractivity (Wildman–Crippen MR) is 120 cm³/mol. The molecule has 1 aliphatic carbocycles. The standard InChI is InChI=1S/C27H34/c1-18(2)19(3)10-11-20(4)27(5)17-16-25-24-13-12-21-8-6-7-9-22(21)23(24)14-15-26(25)27/h6-9,12-15,18-20H,10-11,16-17H2,1-5H3. The monoisotopic (exact) mass is 358 g/mol. The summed E-state index contributed by atoms with van der Waals surface area (Å²) in [5, 5.41) is 5.65. The van der Waals surface area contributed by atoms with Gasteiger partial charge < -0.3 is 0 Å². The number of aryl methyl sites for hydroxylation is 1. The fourth-order valence-corrected chi connectivity index (χ4v) is 5.15. The molecule has 3 aromatic rings. The molecule has 3 aromatic carbocycles. The largest absolute Gasteiger partial charge is 0.0625 e. The van der Waals surface area contributed by atoms with Gasteiger partial charge in [0, 0.05) is 0 Å². The highest BCUT2D eigenvalue weighted by atomic mass is 14.4. The number of benzene rings is 3. The Morgan fingerprint density at radius 2 is 1.56 bits per heavy atom. The molecule has 0 heteroatoms. The molecule has 0 amide bonds. The molecule has 142 valence electrons. The number of rotatable bonds is 5. The molecule has 0 N–H and O–H groups in total. The summed E-state index contributed by atoms with van der Waals surface area (Å²) in [4.78, 5) is 0. The fraction of sp³-hybridized carbons (Fsp3) is 0.481. The molecule has 0 nitrogen and oxygen atoms in total. The lowest BCUT2D eigenvalue weighted by molar-refractivity contribution is 0.260. The molecule has 0 saturated heterocycles. The molecular formula is C27H34. The van der Waals surface area contributed by atoms with Gasteiger partial charge >= 0.3 is 0 Å². The molecule has 0 spiro atoms. The Kier molecular flexibility index (Phi) is 4.78. The quantitative estimate of drug-likeness (QED) is 0.406. The van der Waals surface area contributed by atoms with Crippen molar-refractivity contribution in [1.82, 2.24) is 0 Å². The van der Waals surface area contributed by atoms with E-state index in [2.05, 4.69) is 83.1 Å². The van der Waals surface area contributed by atoms with E-state index in [9.17, 15) is 0 Å². The van der Waals surface area contributed by atoms with Crippen LogP contribution in [0.1, 0.15) is 65.0 Å². The molecule has 0 bridgehead atoms. The Bertz CT molecular complexity index is 964. The highest BCUT2D eigenvalue weighted by Gasteiger charge is 2.39. The predicted octanol–water partition coefficient (Wildman–Crippen LogP) is 7.91. The summed E-state index contributed by atoms with van der Waals surface area (Å²) < 4.78 is 0. The lowest BCUT2D eigenvalue weighted by Gasteiger charge is -2.34. The van der Waals surface area contributed by atoms with Gasteiger partial charge in [-0.2, -0.15) is 0 Å². The summed E-state index contributed by atoms with van der Waals surface area (Å²) in [6.07, 6.45) is 5.21. The molecule has 27 heavy (non-hydrogen) atoms. The summed E-state index contributed by atoms with van der Waals surface area (Å²) in [5.74, 6) is 2.34. The first kappa shape index (κ1) is 18.5. The molecule has 1 aliphatic rings. The van der Waals surface area contributed by atoms with Crippen LogP contribution in [-0.4, -0.2) is 0 Å². The Hall–Kier alpha value is -1.82. The first-order valence-corrected chi connectivity index (χ1v) is 10.9. The van der Waals surface area contributed by atoms with E-state index in [1.54, 1.807) is 11.1 Å². The van der Waals surface area contributed by atoms with Gasteiger partial charge in [-0.05, 0) is 75.1 Å². The Morgan fingerprint density at radius 3 is 2.33 bits per heavy atom. The minimum Gasteiger partial charge on any atom is -0.0625 e. The van der Waals surface area contributed by atoms with E-state index >= 15 is 0 Å². The van der Waals surface area contributed by atoms with Crippen LogP contribution < -0.4 is 0 Å². The maximum atomic E-state index is 2.52. The lowest BCUT2D eigenvalue weighted by Crippen LogP contribution is -2.28. The van der Waals surface area contributed by atoms with Crippen LogP contribution in [0.3, 0.4) is 0 Å². The van der Waals surface area contributed by atoms with Gasteiger partial charge in [0.05, 0.1) is 0 Å². The second-order valence-electron chi connectivity index (χ2n) is 9.59. The van der Waals surface area contributed by atoms with Crippen molar-refractivity contribution < 1.29 is 0 Å². The first-order chi connectivity index (χ1) is 12.9. The van der Waals surface area contributed by atoms with Gasteiger partial charge in [0.25, 0.3) is 0 Å². The molecular weight excluding hydrogens is 324 g/mol. The van der Waals surface area contributed by atoms with Crippen LogP contribution in [-0.2, 0) is 11.8 Å². The van der Waals surface area contributed by atoms with Crippen LogP contribution in [0.15, 0.2) is 48.5 Å². The van der Waals surface area contributed by atoms with Crippen molar-refractivity contribution in [2.24, 2.45) is 17.8 Å². The van der Waals surface area contributed by atoms with Crippen molar-refractivity contribution in [2.75, 3.05) is 0 Å². The molecule has 0 aliphatic heterocycles. The molecule has 0 radical (unpaired) electrons. The van der Waals surface area contributed by atoms with Gasteiger partial charge in [-0.25, -0.2) is 0 Å². The van der Waals surface area contributed by atoms with Crippen LogP contribution in [0, 0.1) is 17.8 Å². The zero-order valence-corrected chi connectivity index (χ0v) is 17.7. The second-order valence-corrected chi connectivity index (χ2v) is 9.59. The van der Waals surface area contributed by atoms with Gasteiger partial charge in [0.1, 0.15) is 0 Å². The highest BCUT2D eigenvalue weighted by molar-refractivity contribution is 6.08. The Labute approximate surface area is 165 Å². The Morgan fingerprint density at radius 1 is 0.815 bits per heavy atom. The number of fused-ring (bicyclic) bond motifs is 5. The normalized spacial score (nSPS) is 21.7. The van der Waals surface area contributed by atoms with Crippen molar-refractivity contribution in [3.05, 3.63) is 59.7 Å². The highest BCUT2D eigenvalue weighted by Crippen LogP contribution is 2.48. The van der Waals surface area contributed by atoms with Crippen LogP contribution in [0.25, 0.3) is 21.5 Å². The number of hydrogen-bond acceptors (Lipinski definition) is 0. The third-order valence-electron chi connectivity index (χ3n) is 7.83. The SMILES string of the molecule is CC(C)C(C)CCC(C)C1(C)CCc2c1ccc1c2ccc2ccccc21. The summed E-state index contributed by atoms with van der Waals surface area (Å²) >= 11 is 0. The van der Waals surface area contributed by atoms with Crippen LogP contribution in [0.5, 0.6) is 0 Å². The summed E-state index contributed by atoms with van der Waals surface area (Å²) in [6.45, 7) is 12.2. The van der Waals surface area contributed by atoms with Gasteiger partial charge in [0.2, 0.25) is 0 Å². The number of hydrogen-bond donors (Lipinski definition) is 0. The van der Waals surface area contributed by atoms with E-state index in [0.29, 0.717) is 5.41 Å². The summed E-state index contributed by atoms with van der Waals surface area (Å²) in [6, 6.07) is 18.3. The molecule has 3 atom stereocenters. The average Bonchev–Trinajstić information content (AvgIpc) is 3.03. The maximum Gasteiger partial charge on any atom is -0.00435 e. The van der Waals surface area contributed by atoms with E-state index in [4.69, 9.17) is 0 Å². The van der Waals surface area contributed by atoms with Gasteiger partial charge in [-0.1, -0.05) is 89.6 Å². The third kappa shape index (κ3) is 3.08. The first-order valence-electron chi connectivity index (χ1n) is 10.9. The smallest absolute Gasteiger partial charge is 0.00435 e. The molecule has 4 rings (SSSR count). The van der Waals surface area contributed by atoms with Crippen molar-refractivity contribution in [1.29, 1.82) is 0 Å². The van der Waals surface area contributed by atoms with E-state index in [-0.39, 0.29) is 0 Å². The van der Waals surface area contributed by atoms with Crippen molar-refractivity contribution in [3.8, 4) is 0 Å². The fourth-order valence-electron chi connectivity index (χ4n) is 5.15. The summed E-state index contributed by atoms with van der Waals surface area (Å²) in [5.41, 5.74) is 3.56. The van der Waals surface area contributed by atoms with E-state index in [1.165, 1.54) is 47.2 Å². The van der Waals surface area contributed by atoms with Gasteiger partial charge in [-0.3, -0.25) is 0 Å². The third-order valence-corrected chi connectivity index (χ3v) is 7.83. The lowest BCUT2D eigenvalue weighted by atomic mass is 9.70. The van der Waals surface area contributed by atoms with E-state index in [0.717, 1.165) is 17.8 Å². The zero-order valence-electron chi connectivity index (χ0n) is 17.7. The minimum atomic E-state index is 0.325. The Balaban J connectivity index is 1.71. The molecule has 0 saturated carbocycles. The van der Waals surface area contributed by atoms with Crippen molar-refractivity contribution >= 4 is 21.5 Å². The van der Waals surface area contributed by atoms with Crippen LogP contribution in [0.2, 0.25) is 0 Å². The zero-order chi connectivity index (χ0) is 19.2. The van der Waals surface area contributed by atoms with Crippen molar-refractivity contribution in [3.63, 3.8) is 0 Å². The molecule has 3 unspecified atom stereocenters. The van der Waals surface area contributed by atoms with E-state index in [1.807, 2.05) is 0 Å². The van der Waals surface area contributed by atoms with Gasteiger partial charge in [0.15, 0.2) is 0 Å². The van der Waals surface area contributed by atoms with Crippen LogP contribution >= 0.6 is 0 Å². The molecule has 0 fully saturated rings. The molecule has 0 heterocycles. The summed E-state index contributed by atoms with van der Waals surface area (Å²) in [7, 11) is 0. The molecule has 0 aromatic heterocycles. The van der Waals surface area contributed by atoms with Crippen LogP contribution in [0.4, 0.5) is 0 Å². The van der Waals surface area contributed by atoms with Gasteiger partial charge in [-0.15, -0.1) is 0 Å². The van der Waals surface area contributed by atoms with E-state index < -0.39 is 0 Å². The second kappa shape index (κ2) is 6.97. The topological polar surface area (TPSA) is 0 Å². The average molecular weight is 359 g/mol. The maximum absolute atomic E-state index is 2.52. The van der Waals surface area contributed by atoms with Crippen molar-refractivity contribution in [2.45, 2.75) is 65.7 Å². The minimum absolute atomic E-state index is 0.325.